The number of hydrogen-bond donors (Lipinski definition) is 0. The summed E-state index contributed by atoms with van der Waals surface area (Å²) < 4.78 is 35.5. The Balaban J connectivity index is 0.000000213. The fraction of sp³-hybridized carbons (Fsp3) is 0.417. The molecule has 4 aromatic rings. The number of halogens is 3. The normalized spacial score (nSPS) is 12.5. The summed E-state index contributed by atoms with van der Waals surface area (Å²) in [5.41, 5.74) is 4.28. The molecule has 1 aliphatic rings. The molecule has 1 aliphatic heterocycles. The maximum atomic E-state index is 6.33. The first-order valence-corrected chi connectivity index (χ1v) is 17.0. The molecule has 0 fully saturated rings. The van der Waals surface area contributed by atoms with Crippen molar-refractivity contribution in [3.63, 3.8) is 0 Å². The van der Waals surface area contributed by atoms with Crippen LogP contribution in [-0.4, -0.2) is 49.4 Å². The molecule has 11 heteroatoms. The maximum Gasteiger partial charge on any atom is 0.231 e. The molecule has 2 heterocycles. The van der Waals surface area contributed by atoms with Gasteiger partial charge in [-0.25, -0.2) is 4.98 Å². The number of fused-ring (bicyclic) bond motifs is 1. The van der Waals surface area contributed by atoms with Gasteiger partial charge in [0.05, 0.1) is 46.0 Å². The molecule has 47 heavy (non-hydrogen) atoms. The van der Waals surface area contributed by atoms with Crippen LogP contribution in [0.15, 0.2) is 73.3 Å². The van der Waals surface area contributed by atoms with Crippen LogP contribution in [0.25, 0.3) is 0 Å². The zero-order valence-corrected chi connectivity index (χ0v) is 29.2. The van der Waals surface area contributed by atoms with Gasteiger partial charge in [-0.15, -0.1) is 0 Å². The van der Waals surface area contributed by atoms with Crippen LogP contribution >= 0.6 is 34.8 Å². The smallest absolute Gasteiger partial charge is 0.231 e. The summed E-state index contributed by atoms with van der Waals surface area (Å²) in [5.74, 6) is 1.66. The topological polar surface area (TPSA) is 73.2 Å². The summed E-state index contributed by atoms with van der Waals surface area (Å²) in [7, 11) is 0. The largest absolute Gasteiger partial charge is 0.454 e. The average Bonchev–Trinajstić information content (AvgIpc) is 3.77. The van der Waals surface area contributed by atoms with Gasteiger partial charge >= 0.3 is 0 Å². The van der Waals surface area contributed by atoms with Crippen LogP contribution in [0.5, 0.6) is 11.5 Å². The summed E-state index contributed by atoms with van der Waals surface area (Å²) in [6.45, 7) is 8.89. The molecule has 0 spiro atoms. The van der Waals surface area contributed by atoms with E-state index in [0.29, 0.717) is 61.5 Å². The highest BCUT2D eigenvalue weighted by molar-refractivity contribution is 6.35. The zero-order chi connectivity index (χ0) is 33.3. The van der Waals surface area contributed by atoms with Gasteiger partial charge < -0.3 is 33.0 Å². The molecular formula is C36H43Cl3N2O6. The van der Waals surface area contributed by atoms with Gasteiger partial charge in [-0.1, -0.05) is 79.7 Å². The van der Waals surface area contributed by atoms with Gasteiger partial charge in [-0.2, -0.15) is 0 Å². The molecular weight excluding hydrogens is 663 g/mol. The molecule has 1 atom stereocenters. The molecule has 8 nitrogen and oxygen atoms in total. The molecule has 0 bridgehead atoms. The number of unbranched alkanes of at least 4 members (excludes halogenated alkanes) is 1. The minimum atomic E-state index is -0.391. The summed E-state index contributed by atoms with van der Waals surface area (Å²) in [4.78, 5) is 4.08. The molecule has 0 saturated heterocycles. The van der Waals surface area contributed by atoms with Crippen molar-refractivity contribution in [1.82, 2.24) is 9.55 Å². The third-order valence-corrected chi connectivity index (χ3v) is 8.02. The van der Waals surface area contributed by atoms with Gasteiger partial charge in [0.25, 0.3) is 0 Å². The number of nitrogens with zero attached hydrogens (tertiary/aromatic N) is 2. The second-order valence-electron chi connectivity index (χ2n) is 10.8. The van der Waals surface area contributed by atoms with Gasteiger partial charge in [0.2, 0.25) is 6.79 Å². The number of ether oxygens (including phenoxy) is 6. The second kappa shape index (κ2) is 20.5. The van der Waals surface area contributed by atoms with Crippen LogP contribution in [-0.2, 0) is 38.6 Å². The van der Waals surface area contributed by atoms with E-state index in [1.807, 2.05) is 47.2 Å². The lowest BCUT2D eigenvalue weighted by atomic mass is 10.0. The molecule has 3 aromatic carbocycles. The molecule has 1 aromatic heterocycles. The number of aryl methyl sites for hydroxylation is 1. The Bertz CT molecular complexity index is 1470. The number of hydrogen-bond acceptors (Lipinski definition) is 7. The Morgan fingerprint density at radius 2 is 1.45 bits per heavy atom. The molecule has 0 aliphatic carbocycles. The van der Waals surface area contributed by atoms with Crippen LogP contribution in [0, 0.1) is 0 Å². The molecule has 0 amide bonds. The van der Waals surface area contributed by atoms with E-state index >= 15 is 0 Å². The first kappa shape index (κ1) is 37.0. The highest BCUT2D eigenvalue weighted by atomic mass is 35.5. The van der Waals surface area contributed by atoms with Crippen LogP contribution in [0.1, 0.15) is 61.6 Å². The SMILES string of the molecule is CCCCOCCOCCOCc1cc2c(cc1CCC)OCO2.Clc1ccc(COC(c2ccc(Cl)cc2Cl)n2ccnc2)cc1. The van der Waals surface area contributed by atoms with E-state index in [4.69, 9.17) is 63.2 Å². The lowest BCUT2D eigenvalue weighted by Gasteiger charge is -2.21. The molecule has 254 valence electrons. The van der Waals surface area contributed by atoms with Gasteiger partial charge in [0, 0.05) is 39.6 Å². The molecule has 1 unspecified atom stereocenters. The fourth-order valence-corrected chi connectivity index (χ4v) is 5.36. The van der Waals surface area contributed by atoms with E-state index in [9.17, 15) is 0 Å². The van der Waals surface area contributed by atoms with Crippen molar-refractivity contribution < 1.29 is 28.4 Å². The quantitative estimate of drug-likeness (QED) is 0.0956. The Hall–Kier alpha value is -2.82. The first-order chi connectivity index (χ1) is 23.0. The van der Waals surface area contributed by atoms with Crippen molar-refractivity contribution in [2.24, 2.45) is 0 Å². The molecule has 0 radical (unpaired) electrons. The van der Waals surface area contributed by atoms with Crippen molar-refractivity contribution in [3.05, 3.63) is 111 Å². The highest BCUT2D eigenvalue weighted by Crippen LogP contribution is 2.35. The van der Waals surface area contributed by atoms with Gasteiger partial charge in [-0.05, 0) is 65.9 Å². The third-order valence-electron chi connectivity index (χ3n) is 7.20. The Morgan fingerprint density at radius 1 is 0.766 bits per heavy atom. The van der Waals surface area contributed by atoms with Gasteiger partial charge in [0.15, 0.2) is 17.7 Å². The van der Waals surface area contributed by atoms with Gasteiger partial charge in [-0.3, -0.25) is 0 Å². The maximum absolute atomic E-state index is 6.33. The standard InChI is InChI=1S/C19H30O5.C17H13Cl3N2O/c1-3-5-7-20-8-9-21-10-11-22-14-17-13-19-18(23-15-24-19)12-16(17)6-4-2;18-13-3-1-12(2-4-13)10-23-17(22-8-7-21-11-22)15-6-5-14(19)9-16(15)20/h12-13H,3-11,14-15H2,1-2H3;1-9,11,17H,10H2. The molecule has 5 rings (SSSR count). The monoisotopic (exact) mass is 704 g/mol. The van der Waals surface area contributed by atoms with Crippen molar-refractivity contribution in [2.45, 2.75) is 59.0 Å². The predicted molar refractivity (Wildman–Crippen MR) is 186 cm³/mol. The van der Waals surface area contributed by atoms with Crippen molar-refractivity contribution in [2.75, 3.05) is 39.8 Å². The fourth-order valence-electron chi connectivity index (χ4n) is 4.73. The highest BCUT2D eigenvalue weighted by Gasteiger charge is 2.18. The lowest BCUT2D eigenvalue weighted by molar-refractivity contribution is 0.0101. The van der Waals surface area contributed by atoms with Crippen molar-refractivity contribution in [1.29, 1.82) is 0 Å². The van der Waals surface area contributed by atoms with E-state index < -0.39 is 6.23 Å². The van der Waals surface area contributed by atoms with Crippen LogP contribution in [0.3, 0.4) is 0 Å². The van der Waals surface area contributed by atoms with Gasteiger partial charge in [0.1, 0.15) is 0 Å². The molecule has 0 N–H and O–H groups in total. The number of imidazole rings is 1. The van der Waals surface area contributed by atoms with E-state index in [2.05, 4.69) is 24.9 Å². The summed E-state index contributed by atoms with van der Waals surface area (Å²) in [6.07, 6.45) is 9.21. The Kier molecular flexibility index (Phi) is 16.2. The van der Waals surface area contributed by atoms with Crippen LogP contribution in [0.2, 0.25) is 15.1 Å². The Labute approximate surface area is 292 Å². The van der Waals surface area contributed by atoms with Crippen molar-refractivity contribution >= 4 is 34.8 Å². The molecule has 0 saturated carbocycles. The van der Waals surface area contributed by atoms with E-state index in [-0.39, 0.29) is 0 Å². The minimum Gasteiger partial charge on any atom is -0.454 e. The summed E-state index contributed by atoms with van der Waals surface area (Å²) in [5, 5.41) is 1.83. The zero-order valence-electron chi connectivity index (χ0n) is 27.0. The van der Waals surface area contributed by atoms with Crippen LogP contribution < -0.4 is 9.47 Å². The number of aromatic nitrogens is 2. The second-order valence-corrected chi connectivity index (χ2v) is 12.1. The van der Waals surface area contributed by atoms with E-state index in [1.54, 1.807) is 24.7 Å². The average molecular weight is 706 g/mol. The summed E-state index contributed by atoms with van der Waals surface area (Å²) >= 11 is 18.2. The lowest BCUT2D eigenvalue weighted by Crippen LogP contribution is -2.13. The van der Waals surface area contributed by atoms with Crippen LogP contribution in [0.4, 0.5) is 0 Å². The van der Waals surface area contributed by atoms with Crippen molar-refractivity contribution in [3.8, 4) is 11.5 Å². The van der Waals surface area contributed by atoms with E-state index in [1.165, 1.54) is 11.1 Å². The Morgan fingerprint density at radius 3 is 2.11 bits per heavy atom. The third kappa shape index (κ3) is 12.3. The first-order valence-electron chi connectivity index (χ1n) is 15.9. The number of rotatable bonds is 18. The predicted octanol–water partition coefficient (Wildman–Crippen LogP) is 9.32. The summed E-state index contributed by atoms with van der Waals surface area (Å²) in [6, 6.07) is 17.0. The minimum absolute atomic E-state index is 0.305. The van der Waals surface area contributed by atoms with E-state index in [0.717, 1.165) is 54.9 Å². The number of benzene rings is 3.